The molecule has 88 valence electrons. The number of hydrogen-bond acceptors (Lipinski definition) is 2. The number of hydrogen-bond donors (Lipinski definition) is 1. The minimum Gasteiger partial charge on any atom is -0.222 e. The first kappa shape index (κ1) is 14.4. The van der Waals surface area contributed by atoms with Gasteiger partial charge in [-0.3, -0.25) is 0 Å². The molecular formula is C13H25NO. The number of isocyanates is 1. The van der Waals surface area contributed by atoms with E-state index in [9.17, 15) is 0 Å². The van der Waals surface area contributed by atoms with Gasteiger partial charge < -0.3 is 0 Å². The Balaban J connectivity index is 0.000000210. The summed E-state index contributed by atoms with van der Waals surface area (Å²) in [4.78, 5) is 8.35. The van der Waals surface area contributed by atoms with Crippen LogP contribution in [0.4, 0.5) is 0 Å². The SMILES string of the molecule is C1CCCCC1.C1CCCCC1.N=C=O. The van der Waals surface area contributed by atoms with Crippen LogP contribution in [0.15, 0.2) is 0 Å². The van der Waals surface area contributed by atoms with Crippen LogP contribution in [-0.4, -0.2) is 6.08 Å². The molecule has 0 heterocycles. The van der Waals surface area contributed by atoms with Gasteiger partial charge >= 0.3 is 0 Å². The van der Waals surface area contributed by atoms with Gasteiger partial charge in [0.2, 0.25) is 6.08 Å². The van der Waals surface area contributed by atoms with Gasteiger partial charge in [0.1, 0.15) is 0 Å². The lowest BCUT2D eigenvalue weighted by Crippen LogP contribution is -1.85. The van der Waals surface area contributed by atoms with E-state index in [4.69, 9.17) is 10.2 Å². The molecule has 0 atom stereocenters. The first-order chi connectivity index (χ1) is 7.41. The van der Waals surface area contributed by atoms with E-state index in [-0.39, 0.29) is 0 Å². The second-order valence-corrected chi connectivity index (χ2v) is 4.34. The van der Waals surface area contributed by atoms with Crippen LogP contribution < -0.4 is 0 Å². The smallest absolute Gasteiger partial charge is 0.222 e. The van der Waals surface area contributed by atoms with Crippen molar-refractivity contribution in [2.75, 3.05) is 0 Å². The molecule has 2 aliphatic carbocycles. The Morgan fingerprint density at radius 2 is 0.600 bits per heavy atom. The fourth-order valence-corrected chi connectivity index (χ4v) is 2.12. The minimum atomic E-state index is 0.750. The van der Waals surface area contributed by atoms with Crippen LogP contribution in [0.2, 0.25) is 0 Å². The third kappa shape index (κ3) is 13.4. The highest BCUT2D eigenvalue weighted by atomic mass is 16.1. The lowest BCUT2D eigenvalue weighted by atomic mass is 10.0. The highest BCUT2D eigenvalue weighted by Crippen LogP contribution is 2.15. The molecule has 2 rings (SSSR count). The summed E-state index contributed by atoms with van der Waals surface area (Å²) in [5, 5.41) is 5.40. The Hall–Kier alpha value is -0.620. The van der Waals surface area contributed by atoms with E-state index in [0.717, 1.165) is 6.08 Å². The molecule has 0 saturated heterocycles. The molecule has 0 radical (unpaired) electrons. The zero-order valence-corrected chi connectivity index (χ0v) is 9.89. The molecule has 2 saturated carbocycles. The summed E-state index contributed by atoms with van der Waals surface area (Å²) < 4.78 is 0. The quantitative estimate of drug-likeness (QED) is 0.462. The second kappa shape index (κ2) is 13.4. The van der Waals surface area contributed by atoms with Crippen LogP contribution in [0.3, 0.4) is 0 Å². The molecule has 15 heavy (non-hydrogen) atoms. The molecule has 0 spiro atoms. The average molecular weight is 211 g/mol. The molecule has 0 unspecified atom stereocenters. The van der Waals surface area contributed by atoms with Crippen LogP contribution in [0.1, 0.15) is 77.0 Å². The van der Waals surface area contributed by atoms with Crippen LogP contribution in [0, 0.1) is 5.41 Å². The van der Waals surface area contributed by atoms with Gasteiger partial charge in [-0.05, 0) is 0 Å². The predicted octanol–water partition coefficient (Wildman–Crippen LogP) is 4.58. The predicted molar refractivity (Wildman–Crippen MR) is 63.8 cm³/mol. The lowest BCUT2D eigenvalue weighted by molar-refractivity contribution is 0.504. The summed E-state index contributed by atoms with van der Waals surface area (Å²) in [6, 6.07) is 0. The van der Waals surface area contributed by atoms with E-state index in [1.165, 1.54) is 77.0 Å². The highest BCUT2D eigenvalue weighted by Gasteiger charge is 1.96. The van der Waals surface area contributed by atoms with E-state index in [1.807, 2.05) is 0 Å². The fraction of sp³-hybridized carbons (Fsp3) is 0.923. The van der Waals surface area contributed by atoms with Crippen molar-refractivity contribution in [2.45, 2.75) is 77.0 Å². The Morgan fingerprint density at radius 1 is 0.533 bits per heavy atom. The topological polar surface area (TPSA) is 40.9 Å². The van der Waals surface area contributed by atoms with Crippen molar-refractivity contribution in [3.8, 4) is 0 Å². The largest absolute Gasteiger partial charge is 0.231 e. The second-order valence-electron chi connectivity index (χ2n) is 4.34. The van der Waals surface area contributed by atoms with E-state index in [0.29, 0.717) is 0 Å². The van der Waals surface area contributed by atoms with Gasteiger partial charge in [-0.1, -0.05) is 77.0 Å². The Morgan fingerprint density at radius 3 is 0.667 bits per heavy atom. The molecule has 0 amide bonds. The average Bonchev–Trinajstić information content (AvgIpc) is 2.35. The third-order valence-electron chi connectivity index (χ3n) is 3.00. The van der Waals surface area contributed by atoms with Gasteiger partial charge in [-0.25, -0.2) is 10.2 Å². The molecule has 0 aliphatic heterocycles. The van der Waals surface area contributed by atoms with Crippen molar-refractivity contribution in [3.05, 3.63) is 0 Å². The van der Waals surface area contributed by atoms with Gasteiger partial charge in [0.25, 0.3) is 0 Å². The van der Waals surface area contributed by atoms with Crippen molar-refractivity contribution in [1.29, 1.82) is 5.41 Å². The first-order valence-electron chi connectivity index (χ1n) is 6.45. The zero-order valence-electron chi connectivity index (χ0n) is 9.89. The van der Waals surface area contributed by atoms with E-state index in [1.54, 1.807) is 0 Å². The van der Waals surface area contributed by atoms with Crippen molar-refractivity contribution in [1.82, 2.24) is 0 Å². The standard InChI is InChI=1S/2C6H12.CHNO/c2*1-2-4-6-5-3-1;2-1-3/h2*1-6H2;2H. The summed E-state index contributed by atoms with van der Waals surface area (Å²) >= 11 is 0. The summed E-state index contributed by atoms with van der Waals surface area (Å²) in [6.07, 6.45) is 18.8. The highest BCUT2D eigenvalue weighted by molar-refractivity contribution is 5.26. The van der Waals surface area contributed by atoms with Crippen molar-refractivity contribution < 1.29 is 4.79 Å². The van der Waals surface area contributed by atoms with Crippen molar-refractivity contribution >= 4 is 6.08 Å². The maximum absolute atomic E-state index is 8.35. The molecule has 2 heteroatoms. The molecule has 0 aromatic heterocycles. The Kier molecular flexibility index (Phi) is 12.8. The van der Waals surface area contributed by atoms with Gasteiger partial charge in [-0.15, -0.1) is 0 Å². The molecular weight excluding hydrogens is 186 g/mol. The van der Waals surface area contributed by atoms with Gasteiger partial charge in [0.15, 0.2) is 0 Å². The van der Waals surface area contributed by atoms with E-state index < -0.39 is 0 Å². The summed E-state index contributed by atoms with van der Waals surface area (Å²) in [5.41, 5.74) is 0. The number of nitrogens with one attached hydrogen (secondary N) is 1. The Labute approximate surface area is 94.0 Å². The molecule has 0 aromatic rings. The normalized spacial score (nSPS) is 19.7. The molecule has 2 fully saturated rings. The van der Waals surface area contributed by atoms with Crippen LogP contribution >= 0.6 is 0 Å². The minimum absolute atomic E-state index is 0.750. The molecule has 0 aromatic carbocycles. The van der Waals surface area contributed by atoms with Gasteiger partial charge in [0, 0.05) is 0 Å². The van der Waals surface area contributed by atoms with E-state index >= 15 is 0 Å². The number of rotatable bonds is 0. The molecule has 2 aliphatic rings. The Bertz CT molecular complexity index is 108. The third-order valence-corrected chi connectivity index (χ3v) is 3.00. The summed E-state index contributed by atoms with van der Waals surface area (Å²) in [6.45, 7) is 0. The maximum Gasteiger partial charge on any atom is 0.231 e. The first-order valence-corrected chi connectivity index (χ1v) is 6.45. The zero-order chi connectivity index (χ0) is 11.2. The van der Waals surface area contributed by atoms with E-state index in [2.05, 4.69) is 0 Å². The summed E-state index contributed by atoms with van der Waals surface area (Å²) in [7, 11) is 0. The number of carbonyl (C=O) groups excluding carboxylic acids is 1. The maximum atomic E-state index is 8.35. The molecule has 0 bridgehead atoms. The molecule has 1 N–H and O–H groups in total. The van der Waals surface area contributed by atoms with Crippen molar-refractivity contribution in [2.24, 2.45) is 0 Å². The monoisotopic (exact) mass is 211 g/mol. The lowest BCUT2D eigenvalue weighted by Gasteiger charge is -2.05. The fourth-order valence-electron chi connectivity index (χ4n) is 2.12. The van der Waals surface area contributed by atoms with Crippen molar-refractivity contribution in [3.63, 3.8) is 0 Å². The van der Waals surface area contributed by atoms with Crippen LogP contribution in [-0.2, 0) is 4.79 Å². The van der Waals surface area contributed by atoms with Crippen LogP contribution in [0.5, 0.6) is 0 Å². The van der Waals surface area contributed by atoms with Gasteiger partial charge in [0.05, 0.1) is 0 Å². The van der Waals surface area contributed by atoms with Crippen LogP contribution in [0.25, 0.3) is 0 Å². The van der Waals surface area contributed by atoms with Gasteiger partial charge in [-0.2, -0.15) is 0 Å². The summed E-state index contributed by atoms with van der Waals surface area (Å²) in [5.74, 6) is 0. The molecule has 2 nitrogen and oxygen atoms in total.